The number of ether oxygens (including phenoxy) is 3. The van der Waals surface area contributed by atoms with Crippen LogP contribution in [0.1, 0.15) is 39.7 Å². The van der Waals surface area contributed by atoms with Crippen LogP contribution in [-0.4, -0.2) is 38.7 Å². The van der Waals surface area contributed by atoms with Crippen molar-refractivity contribution in [2.24, 2.45) is 0 Å². The normalized spacial score (nSPS) is 13.1. The van der Waals surface area contributed by atoms with Gasteiger partial charge < -0.3 is 14.2 Å². The maximum absolute atomic E-state index is 13.0. The van der Waals surface area contributed by atoms with Crippen molar-refractivity contribution in [2.45, 2.75) is 31.8 Å². The van der Waals surface area contributed by atoms with Gasteiger partial charge in [-0.2, -0.15) is 8.78 Å². The van der Waals surface area contributed by atoms with Crippen LogP contribution in [0, 0.1) is 0 Å². The average Bonchev–Trinajstić information content (AvgIpc) is 3.48. The Morgan fingerprint density at radius 2 is 1.80 bits per heavy atom. The summed E-state index contributed by atoms with van der Waals surface area (Å²) in [6.07, 6.45) is 1.40. The Balaban J connectivity index is 2.04. The largest absolute Gasteiger partial charge is 0.469 e. The molecule has 160 valence electrons. The lowest BCUT2D eigenvalue weighted by molar-refractivity contribution is -0.143. The second kappa shape index (κ2) is 9.21. The third kappa shape index (κ3) is 4.93. The van der Waals surface area contributed by atoms with Crippen molar-refractivity contribution in [1.29, 1.82) is 0 Å². The summed E-state index contributed by atoms with van der Waals surface area (Å²) in [5.74, 6) is -1.79. The van der Waals surface area contributed by atoms with Crippen LogP contribution in [0.25, 0.3) is 0 Å². The molecule has 0 spiro atoms. The van der Waals surface area contributed by atoms with Gasteiger partial charge in [-0.3, -0.25) is 14.5 Å². The lowest BCUT2D eigenvalue weighted by Crippen LogP contribution is -2.29. The third-order valence-corrected chi connectivity index (χ3v) is 5.68. The van der Waals surface area contributed by atoms with Crippen LogP contribution in [0.5, 0.6) is 5.75 Å². The predicted molar refractivity (Wildman–Crippen MR) is 104 cm³/mol. The van der Waals surface area contributed by atoms with E-state index in [-0.39, 0.29) is 22.0 Å². The summed E-state index contributed by atoms with van der Waals surface area (Å²) in [6.45, 7) is -2.99. The SMILES string of the molecule is COC(=O)CC(=O)N(c1ccc(OC(F)F)cc1)c1cc(C2CC2)sc1C(=O)OC. The molecule has 30 heavy (non-hydrogen) atoms. The Kier molecular flexibility index (Phi) is 6.66. The van der Waals surface area contributed by atoms with Crippen LogP contribution in [0.2, 0.25) is 0 Å². The van der Waals surface area contributed by atoms with E-state index >= 15 is 0 Å². The molecule has 2 aromatic rings. The number of thiophene rings is 1. The lowest BCUT2D eigenvalue weighted by atomic mass is 10.2. The quantitative estimate of drug-likeness (QED) is 0.452. The summed E-state index contributed by atoms with van der Waals surface area (Å²) >= 11 is 1.23. The highest BCUT2D eigenvalue weighted by Gasteiger charge is 2.33. The number of nitrogens with zero attached hydrogens (tertiary/aromatic N) is 1. The van der Waals surface area contributed by atoms with E-state index in [1.807, 2.05) is 0 Å². The Hall–Kier alpha value is -3.01. The van der Waals surface area contributed by atoms with Crippen molar-refractivity contribution in [3.05, 3.63) is 40.1 Å². The van der Waals surface area contributed by atoms with Gasteiger partial charge in [-0.1, -0.05) is 0 Å². The number of amides is 1. The highest BCUT2D eigenvalue weighted by atomic mass is 32.1. The number of anilines is 2. The van der Waals surface area contributed by atoms with Gasteiger partial charge in [0.05, 0.1) is 19.9 Å². The van der Waals surface area contributed by atoms with Crippen LogP contribution >= 0.6 is 11.3 Å². The Bertz CT molecular complexity index is 939. The van der Waals surface area contributed by atoms with Crippen molar-refractivity contribution in [1.82, 2.24) is 0 Å². The van der Waals surface area contributed by atoms with E-state index in [4.69, 9.17) is 4.74 Å². The number of alkyl halides is 2. The zero-order valence-corrected chi connectivity index (χ0v) is 17.0. The maximum atomic E-state index is 13.0. The molecule has 1 aromatic carbocycles. The maximum Gasteiger partial charge on any atom is 0.387 e. The summed E-state index contributed by atoms with van der Waals surface area (Å²) < 4.78 is 38.6. The minimum absolute atomic E-state index is 0.0914. The molecule has 0 radical (unpaired) electrons. The van der Waals surface area contributed by atoms with E-state index in [0.29, 0.717) is 5.92 Å². The van der Waals surface area contributed by atoms with Crippen molar-refractivity contribution in [3.8, 4) is 5.75 Å². The number of benzene rings is 1. The second-order valence-electron chi connectivity index (χ2n) is 6.48. The number of rotatable bonds is 8. The fraction of sp³-hybridized carbons (Fsp3) is 0.350. The highest BCUT2D eigenvalue weighted by molar-refractivity contribution is 7.14. The van der Waals surface area contributed by atoms with E-state index in [1.165, 1.54) is 47.6 Å². The number of hydrogen-bond acceptors (Lipinski definition) is 7. The summed E-state index contributed by atoms with van der Waals surface area (Å²) in [5.41, 5.74) is 0.543. The molecular weight excluding hydrogens is 420 g/mol. The van der Waals surface area contributed by atoms with Crippen molar-refractivity contribution >= 4 is 40.6 Å². The van der Waals surface area contributed by atoms with Gasteiger partial charge in [0.2, 0.25) is 5.91 Å². The summed E-state index contributed by atoms with van der Waals surface area (Å²) in [6, 6.07) is 7.05. The first-order valence-corrected chi connectivity index (χ1v) is 9.82. The van der Waals surface area contributed by atoms with Gasteiger partial charge in [0.25, 0.3) is 0 Å². The van der Waals surface area contributed by atoms with Gasteiger partial charge in [0.1, 0.15) is 17.0 Å². The molecule has 1 aliphatic carbocycles. The molecule has 1 saturated carbocycles. The van der Waals surface area contributed by atoms with Gasteiger partial charge >= 0.3 is 18.6 Å². The van der Waals surface area contributed by atoms with Crippen molar-refractivity contribution < 1.29 is 37.4 Å². The Labute approximate surface area is 175 Å². The molecule has 0 N–H and O–H groups in total. The molecule has 1 aromatic heterocycles. The van der Waals surface area contributed by atoms with Crippen LogP contribution in [-0.2, 0) is 19.1 Å². The van der Waals surface area contributed by atoms with Gasteiger partial charge in [0.15, 0.2) is 0 Å². The van der Waals surface area contributed by atoms with Gasteiger partial charge in [-0.25, -0.2) is 4.79 Å². The number of hydrogen-bond donors (Lipinski definition) is 0. The van der Waals surface area contributed by atoms with Crippen LogP contribution in [0.4, 0.5) is 20.2 Å². The molecular formula is C20H19F2NO6S. The number of esters is 2. The van der Waals surface area contributed by atoms with Gasteiger partial charge in [0, 0.05) is 10.6 Å². The van der Waals surface area contributed by atoms with Gasteiger partial charge in [-0.05, 0) is 49.1 Å². The van der Waals surface area contributed by atoms with Crippen molar-refractivity contribution in [2.75, 3.05) is 19.1 Å². The third-order valence-electron chi connectivity index (χ3n) is 4.42. The number of methoxy groups -OCH3 is 2. The second-order valence-corrected chi connectivity index (χ2v) is 7.57. The lowest BCUT2D eigenvalue weighted by Gasteiger charge is -2.23. The van der Waals surface area contributed by atoms with E-state index in [9.17, 15) is 23.2 Å². The first kappa shape index (κ1) is 21.7. The molecule has 0 unspecified atom stereocenters. The number of halogens is 2. The zero-order chi connectivity index (χ0) is 21.8. The minimum atomic E-state index is -2.99. The van der Waals surface area contributed by atoms with Crippen LogP contribution < -0.4 is 9.64 Å². The Morgan fingerprint density at radius 1 is 1.13 bits per heavy atom. The predicted octanol–water partition coefficient (Wildman–Crippen LogP) is 4.24. The molecule has 1 aliphatic rings. The van der Waals surface area contributed by atoms with E-state index < -0.39 is 30.9 Å². The van der Waals surface area contributed by atoms with Crippen molar-refractivity contribution in [3.63, 3.8) is 0 Å². The summed E-state index contributed by atoms with van der Waals surface area (Å²) in [7, 11) is 2.39. The molecule has 10 heteroatoms. The van der Waals surface area contributed by atoms with Gasteiger partial charge in [-0.15, -0.1) is 11.3 Å². The zero-order valence-electron chi connectivity index (χ0n) is 16.2. The van der Waals surface area contributed by atoms with Crippen LogP contribution in [0.3, 0.4) is 0 Å². The number of carbonyl (C=O) groups excluding carboxylic acids is 3. The molecule has 7 nitrogen and oxygen atoms in total. The molecule has 3 rings (SSSR count). The molecule has 0 aliphatic heterocycles. The fourth-order valence-corrected chi connectivity index (χ4v) is 4.07. The van der Waals surface area contributed by atoms with E-state index in [0.717, 1.165) is 24.8 Å². The molecule has 0 atom stereocenters. The molecule has 1 fully saturated rings. The fourth-order valence-electron chi connectivity index (χ4n) is 2.84. The summed E-state index contributed by atoms with van der Waals surface area (Å²) in [4.78, 5) is 39.4. The minimum Gasteiger partial charge on any atom is -0.469 e. The van der Waals surface area contributed by atoms with Crippen LogP contribution in [0.15, 0.2) is 30.3 Å². The first-order chi connectivity index (χ1) is 14.3. The topological polar surface area (TPSA) is 82.1 Å². The summed E-state index contributed by atoms with van der Waals surface area (Å²) in [5, 5.41) is 0. The highest BCUT2D eigenvalue weighted by Crippen LogP contribution is 2.47. The molecule has 0 bridgehead atoms. The average molecular weight is 439 g/mol. The van der Waals surface area contributed by atoms with E-state index in [2.05, 4.69) is 9.47 Å². The first-order valence-electron chi connectivity index (χ1n) is 9.00. The van der Waals surface area contributed by atoms with E-state index in [1.54, 1.807) is 6.07 Å². The number of carbonyl (C=O) groups is 3. The molecule has 0 saturated heterocycles. The molecule has 1 heterocycles. The Morgan fingerprint density at radius 3 is 2.33 bits per heavy atom. The standard InChI is InChI=1S/C20H19F2NO6S/c1-27-17(25)10-16(24)23(12-5-7-13(8-6-12)29-20(21)22)14-9-15(11-3-4-11)30-18(14)19(26)28-2/h5-9,11,20H,3-4,10H2,1-2H3. The smallest absolute Gasteiger partial charge is 0.387 e. The molecule has 1 amide bonds. The monoisotopic (exact) mass is 439 g/mol.